The zero-order valence-corrected chi connectivity index (χ0v) is 20.5. The molecule has 10 heteroatoms. The van der Waals surface area contributed by atoms with E-state index >= 15 is 0 Å². The molecule has 0 spiro atoms. The van der Waals surface area contributed by atoms with E-state index in [-0.39, 0.29) is 17.1 Å². The Bertz CT molecular complexity index is 253. The summed E-state index contributed by atoms with van der Waals surface area (Å²) in [7, 11) is 25.5. The molecule has 0 fully saturated rings. The van der Waals surface area contributed by atoms with E-state index in [2.05, 4.69) is 84.6 Å². The van der Waals surface area contributed by atoms with Crippen LogP contribution in [0.2, 0.25) is 0 Å². The quantitative estimate of drug-likeness (QED) is 0.321. The molecule has 161 valence electrons. The summed E-state index contributed by atoms with van der Waals surface area (Å²) in [5, 5.41) is 37.5. The molecule has 0 rings (SSSR count). The van der Waals surface area contributed by atoms with Crippen molar-refractivity contribution in [2.75, 3.05) is 84.6 Å². The average molecular weight is 434 g/mol. The van der Waals surface area contributed by atoms with E-state index in [4.69, 9.17) is 71.0 Å². The SMILES string of the molecule is C[N+](C)(C)C.C[N+](C)(C)C.C[N+](C)(C)C.[C-]#N.[C-]#N.[C-]#N.[C-]#N.[C-]#N.[C-]#N.[Fe+3]. The summed E-state index contributed by atoms with van der Waals surface area (Å²) >= 11 is 0. The van der Waals surface area contributed by atoms with Crippen LogP contribution in [0.4, 0.5) is 0 Å². The molecule has 0 aliphatic heterocycles. The van der Waals surface area contributed by atoms with Gasteiger partial charge in [-0.05, 0) is 0 Å². The Labute approximate surface area is 186 Å². The van der Waals surface area contributed by atoms with Crippen molar-refractivity contribution in [1.29, 1.82) is 31.6 Å². The van der Waals surface area contributed by atoms with Gasteiger partial charge < -0.3 is 84.5 Å². The first-order valence-electron chi connectivity index (χ1n) is 6.71. The average Bonchev–Trinajstić information content (AvgIpc) is 2.54. The number of hydrogen-bond donors (Lipinski definition) is 0. The molecule has 0 aromatic heterocycles. The minimum Gasteiger partial charge on any atom is -0.512 e. The van der Waals surface area contributed by atoms with Crippen molar-refractivity contribution in [2.24, 2.45) is 0 Å². The van der Waals surface area contributed by atoms with Crippen molar-refractivity contribution in [3.05, 3.63) is 39.4 Å². The second kappa shape index (κ2) is 56.3. The standard InChI is InChI=1S/3C4H12N.6CN.Fe/c3*1-5(2,3)4;6*1-2;/h3*1-4H3;;;;;;;/q3*+1;6*-1;+3. The Balaban J connectivity index is -0.0000000169. The van der Waals surface area contributed by atoms with E-state index in [1.807, 2.05) is 0 Å². The van der Waals surface area contributed by atoms with Gasteiger partial charge in [-0.3, -0.25) is 0 Å². The van der Waals surface area contributed by atoms with E-state index in [1.165, 1.54) is 0 Å². The molecule has 9 nitrogen and oxygen atoms in total. The summed E-state index contributed by atoms with van der Waals surface area (Å²) in [6.45, 7) is 28.5. The van der Waals surface area contributed by atoms with E-state index in [0.717, 1.165) is 13.4 Å². The summed E-state index contributed by atoms with van der Waals surface area (Å²) in [5.41, 5.74) is 0. The third kappa shape index (κ3) is 1650. The maximum Gasteiger partial charge on any atom is 3.00 e. The van der Waals surface area contributed by atoms with E-state index in [9.17, 15) is 0 Å². The van der Waals surface area contributed by atoms with Gasteiger partial charge >= 0.3 is 17.1 Å². The second-order valence-electron chi connectivity index (χ2n) is 8.05. The fourth-order valence-corrected chi connectivity index (χ4v) is 0. The van der Waals surface area contributed by atoms with Gasteiger partial charge in [-0.1, -0.05) is 0 Å². The van der Waals surface area contributed by atoms with Crippen molar-refractivity contribution in [3.8, 4) is 0 Å². The topological polar surface area (TPSA) is 143 Å². The second-order valence-corrected chi connectivity index (χ2v) is 8.05. The Hall–Kier alpha value is -2.66. The molecule has 0 aromatic rings. The predicted molar refractivity (Wildman–Crippen MR) is 102 cm³/mol. The van der Waals surface area contributed by atoms with Crippen molar-refractivity contribution in [1.82, 2.24) is 0 Å². The molecule has 0 bridgehead atoms. The first-order valence-corrected chi connectivity index (χ1v) is 6.71. The third-order valence-corrected chi connectivity index (χ3v) is 0. The van der Waals surface area contributed by atoms with Gasteiger partial charge in [0.25, 0.3) is 0 Å². The Kier molecular flexibility index (Phi) is 128. The minimum atomic E-state index is 0. The molecule has 0 aliphatic carbocycles. The molecule has 0 N–H and O–H groups in total. The van der Waals surface area contributed by atoms with E-state index < -0.39 is 0 Å². The maximum atomic E-state index is 6.25. The van der Waals surface area contributed by atoms with Crippen LogP contribution in [-0.4, -0.2) is 98.0 Å². The summed E-state index contributed by atoms with van der Waals surface area (Å²) in [4.78, 5) is 0. The van der Waals surface area contributed by atoms with Crippen molar-refractivity contribution in [3.63, 3.8) is 0 Å². The summed E-state index contributed by atoms with van der Waals surface area (Å²) in [6.07, 6.45) is 0. The molecular weight excluding hydrogens is 398 g/mol. The van der Waals surface area contributed by atoms with Crippen LogP contribution in [0, 0.1) is 71.0 Å². The molecular formula is C18H36FeN9. The number of hydrogen-bond acceptors (Lipinski definition) is 6. The zero-order valence-electron chi connectivity index (χ0n) is 19.4. The fourth-order valence-electron chi connectivity index (χ4n) is 0. The van der Waals surface area contributed by atoms with Crippen LogP contribution in [-0.2, 0) is 17.1 Å². The third-order valence-electron chi connectivity index (χ3n) is 0. The van der Waals surface area contributed by atoms with Crippen LogP contribution in [0.1, 0.15) is 0 Å². The molecule has 1 radical (unpaired) electrons. The van der Waals surface area contributed by atoms with E-state index in [0.29, 0.717) is 0 Å². The van der Waals surface area contributed by atoms with Gasteiger partial charge in [0.2, 0.25) is 0 Å². The minimum absolute atomic E-state index is 0. The van der Waals surface area contributed by atoms with Gasteiger partial charge in [-0.25, -0.2) is 0 Å². The predicted octanol–water partition coefficient (Wildman–Crippen LogP) is 1.54. The van der Waals surface area contributed by atoms with Crippen molar-refractivity contribution in [2.45, 2.75) is 0 Å². The van der Waals surface area contributed by atoms with Gasteiger partial charge in [0.15, 0.2) is 0 Å². The first kappa shape index (κ1) is 63.8. The smallest absolute Gasteiger partial charge is 0.512 e. The maximum absolute atomic E-state index is 6.25. The summed E-state index contributed by atoms with van der Waals surface area (Å²) in [5.74, 6) is 0. The first-order chi connectivity index (χ1) is 12.0. The monoisotopic (exact) mass is 434 g/mol. The van der Waals surface area contributed by atoms with Crippen molar-refractivity contribution >= 4 is 0 Å². The summed E-state index contributed by atoms with van der Waals surface area (Å²) in [6, 6.07) is 0. The van der Waals surface area contributed by atoms with Gasteiger partial charge in [-0.2, -0.15) is 0 Å². The van der Waals surface area contributed by atoms with Crippen LogP contribution < -0.4 is 0 Å². The number of quaternary nitrogens is 3. The number of nitrogens with zero attached hydrogens (tertiary/aromatic N) is 9. The Morgan fingerprint density at radius 2 is 0.286 bits per heavy atom. The largest absolute Gasteiger partial charge is 3.00 e. The molecule has 0 aromatic carbocycles. The Morgan fingerprint density at radius 1 is 0.286 bits per heavy atom. The van der Waals surface area contributed by atoms with Crippen LogP contribution in [0.25, 0.3) is 0 Å². The van der Waals surface area contributed by atoms with Gasteiger partial charge in [0, 0.05) is 0 Å². The zero-order chi connectivity index (χ0) is 25.5. The van der Waals surface area contributed by atoms with Gasteiger partial charge in [-0.15, -0.1) is 0 Å². The molecule has 28 heavy (non-hydrogen) atoms. The fraction of sp³-hybridized carbons (Fsp3) is 0.667. The summed E-state index contributed by atoms with van der Waals surface area (Å²) < 4.78 is 3.00. The normalized spacial score (nSPS) is 6.86. The molecule has 0 atom stereocenters. The van der Waals surface area contributed by atoms with Gasteiger partial charge in [0.05, 0.1) is 84.6 Å². The van der Waals surface area contributed by atoms with Crippen LogP contribution in [0.5, 0.6) is 0 Å². The molecule has 0 aliphatic rings. The number of rotatable bonds is 0. The molecule has 0 saturated carbocycles. The molecule has 0 amide bonds. The van der Waals surface area contributed by atoms with E-state index in [1.54, 1.807) is 0 Å². The van der Waals surface area contributed by atoms with Crippen LogP contribution >= 0.6 is 0 Å². The Morgan fingerprint density at radius 3 is 0.286 bits per heavy atom. The van der Waals surface area contributed by atoms with Gasteiger partial charge in [0.1, 0.15) is 0 Å². The van der Waals surface area contributed by atoms with Crippen LogP contribution in [0.3, 0.4) is 0 Å². The van der Waals surface area contributed by atoms with Crippen LogP contribution in [0.15, 0.2) is 0 Å². The molecule has 0 saturated heterocycles. The van der Waals surface area contributed by atoms with Crippen molar-refractivity contribution < 1.29 is 30.5 Å². The molecule has 0 heterocycles. The molecule has 0 unspecified atom stereocenters.